The van der Waals surface area contributed by atoms with Crippen molar-refractivity contribution in [2.75, 3.05) is 0 Å². The number of carbonyl (C=O) groups is 2. The lowest BCUT2D eigenvalue weighted by Gasteiger charge is -2.07. The first-order valence-corrected chi connectivity index (χ1v) is 6.42. The van der Waals surface area contributed by atoms with Gasteiger partial charge in [-0.25, -0.2) is 9.59 Å². The fourth-order valence-corrected chi connectivity index (χ4v) is 1.33. The van der Waals surface area contributed by atoms with E-state index in [1.165, 1.54) is 12.1 Å². The second-order valence-corrected chi connectivity index (χ2v) is 4.46. The van der Waals surface area contributed by atoms with E-state index in [2.05, 4.69) is 19.7 Å². The van der Waals surface area contributed by atoms with Gasteiger partial charge in [-0.2, -0.15) is 0 Å². The van der Waals surface area contributed by atoms with Crippen molar-refractivity contribution in [3.8, 4) is 11.5 Å². The molecule has 0 saturated heterocycles. The van der Waals surface area contributed by atoms with Gasteiger partial charge in [0.2, 0.25) is 0 Å². The Labute approximate surface area is 124 Å². The Hall–Kier alpha value is -2.62. The highest BCUT2D eigenvalue weighted by Gasteiger charge is 2.10. The third-order valence-electron chi connectivity index (χ3n) is 2.53. The molecule has 0 radical (unpaired) electrons. The van der Waals surface area contributed by atoms with Crippen LogP contribution in [0.1, 0.15) is 19.8 Å². The molecular formula is C17H18O4. The van der Waals surface area contributed by atoms with Crippen molar-refractivity contribution in [1.82, 2.24) is 0 Å². The summed E-state index contributed by atoms with van der Waals surface area (Å²) in [4.78, 5) is 23.1. The van der Waals surface area contributed by atoms with Gasteiger partial charge in [0.15, 0.2) is 0 Å². The van der Waals surface area contributed by atoms with Crippen LogP contribution in [0.25, 0.3) is 0 Å². The molecule has 110 valence electrons. The Kier molecular flexibility index (Phi) is 6.14. The molecule has 0 saturated carbocycles. The standard InChI is InChI=1S/C17H18O4/c1-5-6-7-13(4)17(19)21-15-10-8-14(9-11-15)20-16(18)12(2)3/h5,8-11H,1-2,4,6-7H2,3H3. The Morgan fingerprint density at radius 2 is 1.52 bits per heavy atom. The summed E-state index contributed by atoms with van der Waals surface area (Å²) < 4.78 is 10.2. The molecule has 0 bridgehead atoms. The number of rotatable bonds is 7. The van der Waals surface area contributed by atoms with Crippen LogP contribution in [0.4, 0.5) is 0 Å². The summed E-state index contributed by atoms with van der Waals surface area (Å²) in [7, 11) is 0. The van der Waals surface area contributed by atoms with Crippen LogP contribution >= 0.6 is 0 Å². The maximum absolute atomic E-state index is 11.7. The number of ether oxygens (including phenoxy) is 2. The molecule has 0 aromatic heterocycles. The minimum absolute atomic E-state index is 0.309. The molecule has 0 atom stereocenters. The lowest BCUT2D eigenvalue weighted by molar-refractivity contribution is -0.131. The molecule has 4 nitrogen and oxygen atoms in total. The highest BCUT2D eigenvalue weighted by Crippen LogP contribution is 2.19. The van der Waals surface area contributed by atoms with E-state index in [0.717, 1.165) is 0 Å². The second-order valence-electron chi connectivity index (χ2n) is 4.46. The van der Waals surface area contributed by atoms with E-state index in [1.54, 1.807) is 25.1 Å². The summed E-state index contributed by atoms with van der Waals surface area (Å²) in [5.41, 5.74) is 0.691. The van der Waals surface area contributed by atoms with Crippen molar-refractivity contribution in [3.05, 3.63) is 61.2 Å². The van der Waals surface area contributed by atoms with E-state index in [9.17, 15) is 9.59 Å². The van der Waals surface area contributed by atoms with E-state index in [1.807, 2.05) is 0 Å². The molecule has 0 fully saturated rings. The molecule has 0 aliphatic rings. The van der Waals surface area contributed by atoms with Crippen molar-refractivity contribution in [2.45, 2.75) is 19.8 Å². The number of hydrogen-bond donors (Lipinski definition) is 0. The molecule has 4 heteroatoms. The predicted octanol–water partition coefficient (Wildman–Crippen LogP) is 3.60. The Bertz CT molecular complexity index is 567. The highest BCUT2D eigenvalue weighted by atomic mass is 16.5. The normalized spacial score (nSPS) is 9.57. The van der Waals surface area contributed by atoms with Gasteiger partial charge in [0, 0.05) is 11.1 Å². The van der Waals surface area contributed by atoms with Crippen LogP contribution in [0.5, 0.6) is 11.5 Å². The topological polar surface area (TPSA) is 52.6 Å². The van der Waals surface area contributed by atoms with Gasteiger partial charge in [-0.3, -0.25) is 0 Å². The molecule has 1 rings (SSSR count). The van der Waals surface area contributed by atoms with Crippen LogP contribution in [0, 0.1) is 0 Å². The molecule has 0 spiro atoms. The summed E-state index contributed by atoms with van der Waals surface area (Å²) in [5.74, 6) is -0.274. The van der Waals surface area contributed by atoms with Gasteiger partial charge in [0.1, 0.15) is 11.5 Å². The van der Waals surface area contributed by atoms with Crippen molar-refractivity contribution in [2.24, 2.45) is 0 Å². The fourth-order valence-electron chi connectivity index (χ4n) is 1.33. The van der Waals surface area contributed by atoms with Crippen LogP contribution in [0.15, 0.2) is 61.2 Å². The molecule has 0 N–H and O–H groups in total. The summed E-state index contributed by atoms with van der Waals surface area (Å²) >= 11 is 0. The van der Waals surface area contributed by atoms with Crippen molar-refractivity contribution in [1.29, 1.82) is 0 Å². The Morgan fingerprint density at radius 1 is 1.05 bits per heavy atom. The summed E-state index contributed by atoms with van der Waals surface area (Å²) in [5, 5.41) is 0. The van der Waals surface area contributed by atoms with E-state index in [0.29, 0.717) is 35.5 Å². The maximum Gasteiger partial charge on any atom is 0.338 e. The average molecular weight is 286 g/mol. The van der Waals surface area contributed by atoms with Crippen LogP contribution in [-0.4, -0.2) is 11.9 Å². The number of allylic oxidation sites excluding steroid dienone is 1. The molecule has 21 heavy (non-hydrogen) atoms. The molecule has 0 aliphatic carbocycles. The van der Waals surface area contributed by atoms with Crippen LogP contribution in [-0.2, 0) is 9.59 Å². The van der Waals surface area contributed by atoms with E-state index < -0.39 is 11.9 Å². The number of benzene rings is 1. The zero-order valence-electron chi connectivity index (χ0n) is 12.1. The van der Waals surface area contributed by atoms with E-state index >= 15 is 0 Å². The van der Waals surface area contributed by atoms with Gasteiger partial charge in [0.05, 0.1) is 0 Å². The van der Waals surface area contributed by atoms with E-state index in [-0.39, 0.29) is 0 Å². The lowest BCUT2D eigenvalue weighted by Crippen LogP contribution is -2.10. The third-order valence-corrected chi connectivity index (χ3v) is 2.53. The number of hydrogen-bond acceptors (Lipinski definition) is 4. The monoisotopic (exact) mass is 286 g/mol. The van der Waals surface area contributed by atoms with Crippen molar-refractivity contribution >= 4 is 11.9 Å². The zero-order valence-corrected chi connectivity index (χ0v) is 12.1. The summed E-state index contributed by atoms with van der Waals surface area (Å²) in [6, 6.07) is 6.16. The van der Waals surface area contributed by atoms with Crippen molar-refractivity contribution < 1.29 is 19.1 Å². The van der Waals surface area contributed by atoms with Gasteiger partial charge < -0.3 is 9.47 Å². The quantitative estimate of drug-likeness (QED) is 0.332. The summed E-state index contributed by atoms with van der Waals surface area (Å²) in [6.07, 6.45) is 2.89. The SMILES string of the molecule is C=CCCC(=C)C(=O)Oc1ccc(OC(=O)C(=C)C)cc1. The third kappa shape index (κ3) is 5.48. The number of esters is 2. The van der Waals surface area contributed by atoms with Crippen molar-refractivity contribution in [3.63, 3.8) is 0 Å². The molecule has 0 aliphatic heterocycles. The first kappa shape index (κ1) is 16.4. The molecular weight excluding hydrogens is 268 g/mol. The molecule has 0 amide bonds. The largest absolute Gasteiger partial charge is 0.423 e. The summed E-state index contributed by atoms with van der Waals surface area (Å²) in [6.45, 7) is 12.3. The lowest BCUT2D eigenvalue weighted by atomic mass is 10.2. The Balaban J connectivity index is 2.60. The second kappa shape index (κ2) is 7.85. The maximum atomic E-state index is 11.7. The average Bonchev–Trinajstić information content (AvgIpc) is 2.46. The van der Waals surface area contributed by atoms with E-state index in [4.69, 9.17) is 9.47 Å². The first-order chi connectivity index (χ1) is 9.93. The van der Waals surface area contributed by atoms with Crippen LogP contribution in [0.2, 0.25) is 0 Å². The highest BCUT2D eigenvalue weighted by molar-refractivity contribution is 5.90. The van der Waals surface area contributed by atoms with Gasteiger partial charge in [-0.05, 0) is 44.0 Å². The molecule has 0 heterocycles. The van der Waals surface area contributed by atoms with Crippen LogP contribution < -0.4 is 9.47 Å². The van der Waals surface area contributed by atoms with Crippen LogP contribution in [0.3, 0.4) is 0 Å². The smallest absolute Gasteiger partial charge is 0.338 e. The first-order valence-electron chi connectivity index (χ1n) is 6.42. The van der Waals surface area contributed by atoms with Gasteiger partial charge in [-0.1, -0.05) is 19.2 Å². The zero-order chi connectivity index (χ0) is 15.8. The van der Waals surface area contributed by atoms with Gasteiger partial charge in [0.25, 0.3) is 0 Å². The molecule has 0 unspecified atom stereocenters. The fraction of sp³-hybridized carbons (Fsp3) is 0.176. The minimum atomic E-state index is -0.502. The predicted molar refractivity (Wildman–Crippen MR) is 81.1 cm³/mol. The van der Waals surface area contributed by atoms with Gasteiger partial charge in [-0.15, -0.1) is 6.58 Å². The molecule has 1 aromatic carbocycles. The Morgan fingerprint density at radius 3 is 1.95 bits per heavy atom. The van der Waals surface area contributed by atoms with Gasteiger partial charge >= 0.3 is 11.9 Å². The minimum Gasteiger partial charge on any atom is -0.423 e. The number of carbonyl (C=O) groups excluding carboxylic acids is 2. The molecule has 1 aromatic rings.